The van der Waals surface area contributed by atoms with Gasteiger partial charge in [-0.1, -0.05) is 45.9 Å². The van der Waals surface area contributed by atoms with E-state index in [1.54, 1.807) is 65.0 Å². The van der Waals surface area contributed by atoms with Crippen LogP contribution in [0.5, 0.6) is 5.75 Å². The third-order valence-corrected chi connectivity index (χ3v) is 11.9. The lowest BCUT2D eigenvalue weighted by molar-refractivity contribution is -0.189. The Kier molecular flexibility index (Phi) is 11.0. The third kappa shape index (κ3) is 7.78. The van der Waals surface area contributed by atoms with Crippen LogP contribution in [0.4, 0.5) is 19.0 Å². The summed E-state index contributed by atoms with van der Waals surface area (Å²) in [7, 11) is -4.70. The second-order valence-electron chi connectivity index (χ2n) is 14.9. The van der Waals surface area contributed by atoms with Crippen LogP contribution in [0.1, 0.15) is 79.0 Å². The van der Waals surface area contributed by atoms with E-state index in [1.807, 2.05) is 0 Å². The number of carbonyl (C=O) groups is 3. The van der Waals surface area contributed by atoms with Gasteiger partial charge in [-0.3, -0.25) is 18.9 Å². The zero-order chi connectivity index (χ0) is 40.1. The molecule has 300 valence electrons. The van der Waals surface area contributed by atoms with Gasteiger partial charge in [0, 0.05) is 0 Å². The molecule has 0 bridgehead atoms. The number of nitrogens with zero attached hydrogens (tertiary/aromatic N) is 3. The standard InChI is InChI=1S/C36H45F3N5O10P/c1-19(2)30(45)50-28-27(25-16-17-26-29(40)41-18-42-44(25)26)51-34(6)33(35(28,34)52-31(46)20(3)4)54-55(48,53-24-10-8-7-9-11-24)43-21(5)32(47)49-23-14-12-22(13-15-23)36(37,38)39/h7-11,16-23,27-28,33H,12-15H2,1-6H3,(H,43,48)(H2,40,41,42)/t21-,22-,23-,27-,28-,33?,34+,35+,55+/m0/s1. The number of esters is 3. The highest BCUT2D eigenvalue weighted by Gasteiger charge is 2.91. The molecule has 7 atom stereocenters. The largest absolute Gasteiger partial charge is 0.461 e. The highest BCUT2D eigenvalue weighted by atomic mass is 31.2. The van der Waals surface area contributed by atoms with Gasteiger partial charge in [0.2, 0.25) is 5.60 Å². The van der Waals surface area contributed by atoms with E-state index in [9.17, 15) is 32.1 Å². The molecule has 3 aromatic rings. The molecule has 19 heteroatoms. The van der Waals surface area contributed by atoms with Gasteiger partial charge < -0.3 is 29.2 Å². The molecule has 2 aliphatic carbocycles. The molecular weight excluding hydrogens is 750 g/mol. The van der Waals surface area contributed by atoms with Crippen LogP contribution in [0.15, 0.2) is 48.8 Å². The molecule has 0 amide bonds. The molecule has 3 fully saturated rings. The Balaban J connectivity index is 1.33. The number of hydrogen-bond acceptors (Lipinski definition) is 13. The van der Waals surface area contributed by atoms with E-state index < -0.39 is 91.2 Å². The van der Waals surface area contributed by atoms with Crippen molar-refractivity contribution in [3.8, 4) is 5.75 Å². The molecule has 0 radical (unpaired) electrons. The summed E-state index contributed by atoms with van der Waals surface area (Å²) < 4.78 is 92.6. The number of alkyl halides is 3. The van der Waals surface area contributed by atoms with Crippen LogP contribution in [0.2, 0.25) is 0 Å². The molecule has 1 aliphatic heterocycles. The Bertz CT molecular complexity index is 1960. The van der Waals surface area contributed by atoms with Crippen molar-refractivity contribution in [3.63, 3.8) is 0 Å². The van der Waals surface area contributed by atoms with Gasteiger partial charge >= 0.3 is 31.8 Å². The maximum absolute atomic E-state index is 14.9. The molecule has 6 rings (SSSR count). The van der Waals surface area contributed by atoms with Crippen LogP contribution in [0.3, 0.4) is 0 Å². The molecule has 3 heterocycles. The monoisotopic (exact) mass is 795 g/mol. The molecule has 1 aromatic carbocycles. The van der Waals surface area contributed by atoms with E-state index in [4.69, 9.17) is 33.7 Å². The fourth-order valence-electron chi connectivity index (χ4n) is 7.08. The SMILES string of the molecule is CC(C)C(=O)O[C@H]1[C@H](c2ccc3c(N)ncnn23)O[C@]2(C)C(O[P@@](=O)(N[C@@H](C)C(=O)O[C@H]3CC[C@H](C(F)(F)F)CC3)Oc3ccccc3)[C@]12OC(=O)C(C)C. The van der Waals surface area contributed by atoms with Gasteiger partial charge in [0.1, 0.15) is 47.5 Å². The number of carbonyl (C=O) groups excluding carboxylic acids is 3. The Morgan fingerprint density at radius 1 is 0.964 bits per heavy atom. The predicted molar refractivity (Wildman–Crippen MR) is 188 cm³/mol. The van der Waals surface area contributed by atoms with Crippen molar-refractivity contribution in [3.05, 3.63) is 54.5 Å². The molecule has 2 saturated carbocycles. The van der Waals surface area contributed by atoms with Crippen molar-refractivity contribution < 1.29 is 60.1 Å². The van der Waals surface area contributed by atoms with E-state index in [0.29, 0.717) is 11.2 Å². The molecule has 1 saturated heterocycles. The molecular formula is C36H45F3N5O10P. The lowest BCUT2D eigenvalue weighted by Gasteiger charge is -2.32. The summed E-state index contributed by atoms with van der Waals surface area (Å²) in [5, 5.41) is 6.89. The lowest BCUT2D eigenvalue weighted by atomic mass is 9.87. The van der Waals surface area contributed by atoms with Crippen molar-refractivity contribution in [2.24, 2.45) is 17.8 Å². The first-order valence-electron chi connectivity index (χ1n) is 18.1. The Labute approximate surface area is 315 Å². The minimum atomic E-state index is -4.70. The summed E-state index contributed by atoms with van der Waals surface area (Å²) in [5.41, 5.74) is 3.35. The smallest absolute Gasteiger partial charge is 0.459 e. The van der Waals surface area contributed by atoms with Crippen molar-refractivity contribution in [2.45, 2.75) is 115 Å². The van der Waals surface area contributed by atoms with Crippen LogP contribution in [-0.2, 0) is 42.4 Å². The summed E-state index contributed by atoms with van der Waals surface area (Å²) in [5.74, 6) is -4.80. The Morgan fingerprint density at radius 3 is 2.24 bits per heavy atom. The molecule has 1 unspecified atom stereocenters. The molecule has 2 aromatic heterocycles. The van der Waals surface area contributed by atoms with Crippen molar-refractivity contribution in [1.82, 2.24) is 19.7 Å². The molecule has 3 aliphatic rings. The highest BCUT2D eigenvalue weighted by molar-refractivity contribution is 7.52. The number of fused-ring (bicyclic) bond motifs is 2. The van der Waals surface area contributed by atoms with Gasteiger partial charge in [-0.25, -0.2) is 14.1 Å². The van der Waals surface area contributed by atoms with Gasteiger partial charge in [0.05, 0.1) is 23.4 Å². The summed E-state index contributed by atoms with van der Waals surface area (Å²) in [6, 6.07) is 9.84. The summed E-state index contributed by atoms with van der Waals surface area (Å²) in [6.45, 7) is 9.32. The van der Waals surface area contributed by atoms with E-state index in [2.05, 4.69) is 15.2 Å². The number of benzene rings is 1. The number of hydrogen-bond donors (Lipinski definition) is 2. The maximum Gasteiger partial charge on any atom is 0.459 e. The topological polar surface area (TPSA) is 192 Å². The molecule has 55 heavy (non-hydrogen) atoms. The Morgan fingerprint density at radius 2 is 1.62 bits per heavy atom. The number of rotatable bonds is 13. The molecule has 15 nitrogen and oxygen atoms in total. The van der Waals surface area contributed by atoms with E-state index in [0.717, 1.165) is 0 Å². The molecule has 3 N–H and O–H groups in total. The summed E-state index contributed by atoms with van der Waals surface area (Å²) in [6.07, 6.45) is -8.18. The van der Waals surface area contributed by atoms with Gasteiger partial charge in [0.15, 0.2) is 11.9 Å². The normalized spacial score (nSPS) is 29.3. The van der Waals surface area contributed by atoms with Crippen molar-refractivity contribution >= 4 is 37.0 Å². The maximum atomic E-state index is 14.9. The molecule has 0 spiro atoms. The van der Waals surface area contributed by atoms with E-state index in [1.165, 1.54) is 29.9 Å². The van der Waals surface area contributed by atoms with Gasteiger partial charge in [-0.2, -0.15) is 23.4 Å². The average molecular weight is 796 g/mol. The van der Waals surface area contributed by atoms with Gasteiger partial charge in [-0.05, 0) is 63.8 Å². The fraction of sp³-hybridized carbons (Fsp3) is 0.583. The van der Waals surface area contributed by atoms with Crippen molar-refractivity contribution in [1.29, 1.82) is 0 Å². The zero-order valence-electron chi connectivity index (χ0n) is 31.1. The van der Waals surface area contributed by atoms with Crippen LogP contribution in [0, 0.1) is 17.8 Å². The van der Waals surface area contributed by atoms with Crippen LogP contribution in [0.25, 0.3) is 5.52 Å². The second kappa shape index (κ2) is 15.0. The minimum absolute atomic E-state index is 0.00600. The first-order valence-corrected chi connectivity index (χ1v) is 19.6. The summed E-state index contributed by atoms with van der Waals surface area (Å²) >= 11 is 0. The Hall–Kier alpha value is -4.25. The van der Waals surface area contributed by atoms with Crippen molar-refractivity contribution in [2.75, 3.05) is 5.73 Å². The quantitative estimate of drug-likeness (QED) is 0.118. The first kappa shape index (κ1) is 40.4. The number of nitrogens with one attached hydrogen (secondary N) is 1. The second-order valence-corrected chi connectivity index (χ2v) is 16.6. The minimum Gasteiger partial charge on any atom is -0.461 e. The fourth-order valence-corrected chi connectivity index (χ4v) is 8.85. The van der Waals surface area contributed by atoms with Gasteiger partial charge in [0.25, 0.3) is 0 Å². The lowest BCUT2D eigenvalue weighted by Crippen LogP contribution is -2.45. The van der Waals surface area contributed by atoms with Crippen LogP contribution >= 0.6 is 7.75 Å². The van der Waals surface area contributed by atoms with Crippen LogP contribution < -0.4 is 15.3 Å². The number of nitrogen functional groups attached to an aromatic ring is 1. The number of aromatic nitrogens is 3. The first-order chi connectivity index (χ1) is 25.8. The van der Waals surface area contributed by atoms with Gasteiger partial charge in [-0.15, -0.1) is 0 Å². The number of anilines is 1. The zero-order valence-corrected chi connectivity index (χ0v) is 32.0. The number of ether oxygens (including phenoxy) is 4. The predicted octanol–water partition coefficient (Wildman–Crippen LogP) is 5.88. The van der Waals surface area contributed by atoms with E-state index in [-0.39, 0.29) is 37.3 Å². The number of para-hydroxylation sites is 1. The highest BCUT2D eigenvalue weighted by Crippen LogP contribution is 2.71. The summed E-state index contributed by atoms with van der Waals surface area (Å²) in [4.78, 5) is 44.1. The van der Waals surface area contributed by atoms with E-state index >= 15 is 0 Å². The number of halogens is 3. The average Bonchev–Trinajstić information content (AvgIpc) is 3.38. The van der Waals surface area contributed by atoms with Crippen LogP contribution in [-0.4, -0.2) is 74.2 Å². The number of nitrogens with two attached hydrogens (primary N) is 1. The third-order valence-electron chi connectivity index (χ3n) is 10.2.